The van der Waals surface area contributed by atoms with E-state index in [1.165, 1.54) is 12.1 Å². The van der Waals surface area contributed by atoms with E-state index >= 15 is 0 Å². The van der Waals surface area contributed by atoms with Gasteiger partial charge in [-0.2, -0.15) is 5.10 Å². The number of halogens is 1. The molecule has 0 spiro atoms. The molecular formula is C33H25FN8O3S. The lowest BCUT2D eigenvalue weighted by atomic mass is 10.0. The third kappa shape index (κ3) is 5.96. The molecule has 0 saturated carbocycles. The maximum absolute atomic E-state index is 14.6. The molecule has 11 nitrogen and oxygen atoms in total. The van der Waals surface area contributed by atoms with Crippen molar-refractivity contribution in [1.82, 2.24) is 34.9 Å². The third-order valence-electron chi connectivity index (χ3n) is 7.32. The minimum absolute atomic E-state index is 0.0647. The molecule has 0 aliphatic heterocycles. The van der Waals surface area contributed by atoms with Gasteiger partial charge in [0.1, 0.15) is 17.0 Å². The monoisotopic (exact) mass is 632 g/mol. The van der Waals surface area contributed by atoms with Crippen LogP contribution in [0.5, 0.6) is 0 Å². The maximum atomic E-state index is 14.6. The zero-order chi connectivity index (χ0) is 31.8. The number of anilines is 1. The van der Waals surface area contributed by atoms with Gasteiger partial charge >= 0.3 is 0 Å². The summed E-state index contributed by atoms with van der Waals surface area (Å²) in [7, 11) is -3.46. The van der Waals surface area contributed by atoms with Gasteiger partial charge in [-0.1, -0.05) is 24.3 Å². The molecule has 4 N–H and O–H groups in total. The number of nitrogens with zero attached hydrogens (tertiary/aromatic N) is 4. The van der Waals surface area contributed by atoms with E-state index in [1.54, 1.807) is 55.0 Å². The van der Waals surface area contributed by atoms with Crippen LogP contribution in [0.25, 0.3) is 55.8 Å². The first-order valence-electron chi connectivity index (χ1n) is 14.1. The number of hydrogen-bond acceptors (Lipinski definition) is 7. The molecule has 4 heterocycles. The fraction of sp³-hybridized carbons (Fsp3) is 0.0606. The number of amides is 1. The van der Waals surface area contributed by atoms with E-state index in [9.17, 15) is 17.6 Å². The molecule has 0 atom stereocenters. The minimum Gasteiger partial charge on any atom is -0.336 e. The lowest BCUT2D eigenvalue weighted by Gasteiger charge is -2.08. The second-order valence-corrected chi connectivity index (χ2v) is 12.5. The van der Waals surface area contributed by atoms with Gasteiger partial charge in [-0.05, 0) is 65.7 Å². The fourth-order valence-electron chi connectivity index (χ4n) is 5.20. The highest BCUT2D eigenvalue weighted by atomic mass is 32.2. The first kappa shape index (κ1) is 29.0. The van der Waals surface area contributed by atoms with Crippen LogP contribution in [0.1, 0.15) is 15.9 Å². The number of pyridine rings is 2. The molecule has 0 aliphatic carbocycles. The van der Waals surface area contributed by atoms with Crippen molar-refractivity contribution >= 4 is 43.6 Å². The lowest BCUT2D eigenvalue weighted by Crippen LogP contribution is -2.21. The summed E-state index contributed by atoms with van der Waals surface area (Å²) in [6, 6.07) is 22.7. The highest BCUT2D eigenvalue weighted by molar-refractivity contribution is 7.88. The predicted octanol–water partition coefficient (Wildman–Crippen LogP) is 5.67. The summed E-state index contributed by atoms with van der Waals surface area (Å²) in [6.07, 6.45) is 5.95. The van der Waals surface area contributed by atoms with Gasteiger partial charge in [0.15, 0.2) is 5.82 Å². The maximum Gasteiger partial charge on any atom is 0.255 e. The van der Waals surface area contributed by atoms with Crippen LogP contribution in [-0.4, -0.2) is 50.7 Å². The molecule has 13 heteroatoms. The normalized spacial score (nSPS) is 11.7. The Morgan fingerprint density at radius 1 is 0.891 bits per heavy atom. The number of carbonyl (C=O) groups excluding carboxylic acids is 1. The molecule has 0 bridgehead atoms. The Bertz CT molecular complexity index is 2370. The summed E-state index contributed by atoms with van der Waals surface area (Å²) in [6.45, 7) is -0.0647. The fourth-order valence-corrected chi connectivity index (χ4v) is 5.62. The zero-order valence-corrected chi connectivity index (χ0v) is 25.1. The summed E-state index contributed by atoms with van der Waals surface area (Å²) >= 11 is 0. The average molecular weight is 633 g/mol. The Kier molecular flexibility index (Phi) is 7.31. The highest BCUT2D eigenvalue weighted by Crippen LogP contribution is 2.33. The first-order valence-corrected chi connectivity index (χ1v) is 16.0. The molecule has 0 saturated heterocycles. The van der Waals surface area contributed by atoms with Crippen molar-refractivity contribution in [3.8, 4) is 33.9 Å². The Hall–Kier alpha value is -5.79. The van der Waals surface area contributed by atoms with Crippen molar-refractivity contribution in [3.63, 3.8) is 0 Å². The summed E-state index contributed by atoms with van der Waals surface area (Å²) < 4.78 is 40.1. The van der Waals surface area contributed by atoms with E-state index in [0.717, 1.165) is 28.3 Å². The number of aromatic amines is 2. The molecule has 46 heavy (non-hydrogen) atoms. The Labute approximate surface area is 262 Å². The van der Waals surface area contributed by atoms with Crippen LogP contribution in [0, 0.1) is 5.82 Å². The van der Waals surface area contributed by atoms with Gasteiger partial charge in [-0.3, -0.25) is 19.9 Å². The molecule has 7 aromatic rings. The molecular weight excluding hydrogens is 607 g/mol. The number of aromatic nitrogens is 6. The van der Waals surface area contributed by atoms with Crippen LogP contribution in [-0.2, 0) is 16.6 Å². The van der Waals surface area contributed by atoms with E-state index in [2.05, 4.69) is 35.2 Å². The summed E-state index contributed by atoms with van der Waals surface area (Å²) in [5.74, 6) is -0.280. The second kappa shape index (κ2) is 11.6. The second-order valence-electron chi connectivity index (χ2n) is 10.7. The van der Waals surface area contributed by atoms with Gasteiger partial charge in [-0.25, -0.2) is 22.5 Å². The van der Waals surface area contributed by atoms with Crippen LogP contribution in [0.15, 0.2) is 97.5 Å². The summed E-state index contributed by atoms with van der Waals surface area (Å²) in [5, 5.41) is 11.3. The number of benzene rings is 3. The number of rotatable bonds is 8. The Morgan fingerprint density at radius 3 is 2.57 bits per heavy atom. The van der Waals surface area contributed by atoms with Crippen LogP contribution in [0.2, 0.25) is 0 Å². The molecule has 0 aliphatic rings. The number of nitrogens with one attached hydrogen (secondary N) is 4. The van der Waals surface area contributed by atoms with E-state index in [4.69, 9.17) is 4.98 Å². The largest absolute Gasteiger partial charge is 0.336 e. The van der Waals surface area contributed by atoms with Crippen molar-refractivity contribution in [2.24, 2.45) is 0 Å². The molecule has 228 valence electrons. The van der Waals surface area contributed by atoms with Crippen molar-refractivity contribution in [2.45, 2.75) is 6.54 Å². The molecule has 7 rings (SSSR count). The minimum atomic E-state index is -3.46. The Balaban J connectivity index is 1.22. The van der Waals surface area contributed by atoms with Gasteiger partial charge in [0, 0.05) is 41.0 Å². The number of imidazole rings is 1. The van der Waals surface area contributed by atoms with Crippen LogP contribution in [0.3, 0.4) is 0 Å². The van der Waals surface area contributed by atoms with Crippen LogP contribution in [0.4, 0.5) is 10.1 Å². The van der Waals surface area contributed by atoms with Crippen molar-refractivity contribution in [1.29, 1.82) is 0 Å². The number of fused-ring (bicyclic) bond motifs is 2. The molecule has 0 unspecified atom stereocenters. The van der Waals surface area contributed by atoms with Crippen LogP contribution >= 0.6 is 0 Å². The van der Waals surface area contributed by atoms with Crippen molar-refractivity contribution in [3.05, 3.63) is 114 Å². The topological polar surface area (TPSA) is 158 Å². The SMILES string of the molecule is CS(=O)(=O)NCc1cc(F)cc(-c2nccc3[nH]c(-c4n[nH]c5ccc(-c6cncc(NC(=O)c7ccccc7)c6)cc45)nc23)c1. The molecule has 1 amide bonds. The van der Waals surface area contributed by atoms with Gasteiger partial charge in [0.05, 0.1) is 34.9 Å². The van der Waals surface area contributed by atoms with Gasteiger partial charge in [0.2, 0.25) is 10.0 Å². The van der Waals surface area contributed by atoms with E-state index in [1.807, 2.05) is 30.3 Å². The van der Waals surface area contributed by atoms with Crippen molar-refractivity contribution < 1.29 is 17.6 Å². The van der Waals surface area contributed by atoms with E-state index in [0.29, 0.717) is 50.6 Å². The lowest BCUT2D eigenvalue weighted by molar-refractivity contribution is 0.102. The molecule has 0 fully saturated rings. The quantitative estimate of drug-likeness (QED) is 0.168. The zero-order valence-electron chi connectivity index (χ0n) is 24.2. The number of sulfonamides is 1. The molecule has 0 radical (unpaired) electrons. The molecule has 4 aromatic heterocycles. The van der Waals surface area contributed by atoms with Gasteiger partial charge < -0.3 is 10.3 Å². The number of hydrogen-bond donors (Lipinski definition) is 4. The third-order valence-corrected chi connectivity index (χ3v) is 7.99. The number of carbonyl (C=O) groups is 1. The first-order chi connectivity index (χ1) is 22.2. The Morgan fingerprint density at radius 2 is 1.74 bits per heavy atom. The summed E-state index contributed by atoms with van der Waals surface area (Å²) in [4.78, 5) is 29.6. The van der Waals surface area contributed by atoms with Crippen molar-refractivity contribution in [2.75, 3.05) is 11.6 Å². The van der Waals surface area contributed by atoms with Gasteiger partial charge in [-0.15, -0.1) is 0 Å². The standard InChI is InChI=1S/C33H25FN8O3S/c1-46(44,45)37-16-19-11-22(13-24(34)12-19)29-31-28(9-10-36-29)39-32(40-31)30-26-15-21(7-8-27(26)41-42-30)23-14-25(18-35-17-23)38-33(43)20-5-3-2-4-6-20/h2-15,17-18,37H,16H2,1H3,(H,38,43)(H,39,40)(H,41,42). The molecule has 3 aromatic carbocycles. The number of H-pyrrole nitrogens is 2. The average Bonchev–Trinajstić information content (AvgIpc) is 3.68. The van der Waals surface area contributed by atoms with E-state index in [-0.39, 0.29) is 12.5 Å². The summed E-state index contributed by atoms with van der Waals surface area (Å²) in [5.41, 5.74) is 6.60. The van der Waals surface area contributed by atoms with E-state index < -0.39 is 15.8 Å². The van der Waals surface area contributed by atoms with Crippen LogP contribution < -0.4 is 10.0 Å². The predicted molar refractivity (Wildman–Crippen MR) is 174 cm³/mol. The highest BCUT2D eigenvalue weighted by Gasteiger charge is 2.18. The van der Waals surface area contributed by atoms with Gasteiger partial charge in [0.25, 0.3) is 5.91 Å². The smallest absolute Gasteiger partial charge is 0.255 e.